The van der Waals surface area contributed by atoms with Crippen LogP contribution in [-0.4, -0.2) is 17.9 Å². The van der Waals surface area contributed by atoms with E-state index in [4.69, 9.17) is 14.6 Å². The highest BCUT2D eigenvalue weighted by molar-refractivity contribution is 5.68. The number of carbonyl (C=O) groups is 1. The molecule has 0 fully saturated rings. The molecule has 4 nitrogen and oxygen atoms in total. The Hall–Kier alpha value is -1.71. The minimum absolute atomic E-state index is 0.000648. The number of para-hydroxylation sites is 1. The lowest BCUT2D eigenvalue weighted by atomic mass is 9.89. The average Bonchev–Trinajstić information content (AvgIpc) is 2.85. The molecule has 4 heteroatoms. The van der Waals surface area contributed by atoms with Gasteiger partial charge in [-0.15, -0.1) is 0 Å². The van der Waals surface area contributed by atoms with Crippen molar-refractivity contribution in [3.63, 3.8) is 0 Å². The Morgan fingerprint density at radius 2 is 2.21 bits per heavy atom. The SMILES string of the molecule is CCCCCC(CC(=O)O)c1cccc2c1OCO2. The summed E-state index contributed by atoms with van der Waals surface area (Å²) in [6.45, 7) is 2.37. The van der Waals surface area contributed by atoms with E-state index in [0.717, 1.165) is 42.7 Å². The molecule has 0 amide bonds. The van der Waals surface area contributed by atoms with Gasteiger partial charge in [-0.05, 0) is 18.4 Å². The molecule has 0 bridgehead atoms. The topological polar surface area (TPSA) is 55.8 Å². The van der Waals surface area contributed by atoms with Gasteiger partial charge in [-0.3, -0.25) is 4.79 Å². The van der Waals surface area contributed by atoms with E-state index in [0.29, 0.717) is 0 Å². The summed E-state index contributed by atoms with van der Waals surface area (Å²) < 4.78 is 10.8. The second-order valence-electron chi connectivity index (χ2n) is 4.87. The largest absolute Gasteiger partial charge is 0.481 e. The first-order valence-corrected chi connectivity index (χ1v) is 6.82. The van der Waals surface area contributed by atoms with E-state index in [9.17, 15) is 4.79 Å². The van der Waals surface area contributed by atoms with Crippen LogP contribution in [0.1, 0.15) is 50.5 Å². The molecule has 0 saturated heterocycles. The predicted octanol–water partition coefficient (Wildman–Crippen LogP) is 3.55. The van der Waals surface area contributed by atoms with Crippen molar-refractivity contribution in [2.24, 2.45) is 0 Å². The molecular weight excluding hydrogens is 244 g/mol. The molecular formula is C15H20O4. The summed E-state index contributed by atoms with van der Waals surface area (Å²) in [5.74, 6) is 0.687. The summed E-state index contributed by atoms with van der Waals surface area (Å²) in [5.41, 5.74) is 0.966. The number of benzene rings is 1. The molecule has 1 aliphatic heterocycles. The zero-order valence-corrected chi connectivity index (χ0v) is 11.2. The van der Waals surface area contributed by atoms with Gasteiger partial charge in [-0.1, -0.05) is 38.3 Å². The number of hydrogen-bond acceptors (Lipinski definition) is 3. The standard InChI is InChI=1S/C15H20O4/c1-2-3-4-6-11(9-14(16)17)12-7-5-8-13-15(12)19-10-18-13/h5,7-8,11H,2-4,6,9-10H2,1H3,(H,16,17). The van der Waals surface area contributed by atoms with E-state index in [1.54, 1.807) is 0 Å². The van der Waals surface area contributed by atoms with Crippen molar-refractivity contribution >= 4 is 5.97 Å². The smallest absolute Gasteiger partial charge is 0.303 e. The van der Waals surface area contributed by atoms with Crippen molar-refractivity contribution in [1.29, 1.82) is 0 Å². The first kappa shape index (κ1) is 13.7. The van der Waals surface area contributed by atoms with Crippen molar-refractivity contribution in [1.82, 2.24) is 0 Å². The second kappa shape index (κ2) is 6.45. The van der Waals surface area contributed by atoms with Gasteiger partial charge >= 0.3 is 5.97 Å². The van der Waals surface area contributed by atoms with Gasteiger partial charge in [0.2, 0.25) is 6.79 Å². The molecule has 2 rings (SSSR count). The summed E-state index contributed by atoms with van der Waals surface area (Å²) in [4.78, 5) is 11.0. The zero-order valence-electron chi connectivity index (χ0n) is 11.2. The van der Waals surface area contributed by atoms with Crippen molar-refractivity contribution in [2.75, 3.05) is 6.79 Å². The van der Waals surface area contributed by atoms with E-state index >= 15 is 0 Å². The third-order valence-electron chi connectivity index (χ3n) is 3.44. The molecule has 104 valence electrons. The van der Waals surface area contributed by atoms with Crippen LogP contribution in [0.3, 0.4) is 0 Å². The molecule has 0 aliphatic carbocycles. The van der Waals surface area contributed by atoms with Crippen LogP contribution in [0.4, 0.5) is 0 Å². The molecule has 1 unspecified atom stereocenters. The predicted molar refractivity (Wildman–Crippen MR) is 71.7 cm³/mol. The van der Waals surface area contributed by atoms with Crippen LogP contribution in [0.5, 0.6) is 11.5 Å². The van der Waals surface area contributed by atoms with Gasteiger partial charge < -0.3 is 14.6 Å². The summed E-state index contributed by atoms with van der Waals surface area (Å²) in [6.07, 6.45) is 4.32. The highest BCUT2D eigenvalue weighted by Crippen LogP contribution is 2.41. The van der Waals surface area contributed by atoms with E-state index in [1.807, 2.05) is 18.2 Å². The first-order valence-electron chi connectivity index (χ1n) is 6.82. The van der Waals surface area contributed by atoms with Crippen LogP contribution in [0, 0.1) is 0 Å². The maximum atomic E-state index is 11.0. The Kier molecular flexibility index (Phi) is 4.66. The molecule has 1 heterocycles. The highest BCUT2D eigenvalue weighted by atomic mass is 16.7. The Morgan fingerprint density at radius 1 is 1.37 bits per heavy atom. The van der Waals surface area contributed by atoms with Crippen molar-refractivity contribution in [2.45, 2.75) is 44.9 Å². The van der Waals surface area contributed by atoms with Crippen LogP contribution in [0.2, 0.25) is 0 Å². The van der Waals surface area contributed by atoms with Gasteiger partial charge in [0.15, 0.2) is 11.5 Å². The Bertz CT molecular complexity index is 442. The van der Waals surface area contributed by atoms with Crippen LogP contribution >= 0.6 is 0 Å². The number of hydrogen-bond donors (Lipinski definition) is 1. The number of carboxylic acids is 1. The minimum Gasteiger partial charge on any atom is -0.481 e. The number of unbranched alkanes of at least 4 members (excludes halogenated alkanes) is 2. The quantitative estimate of drug-likeness (QED) is 0.765. The van der Waals surface area contributed by atoms with Crippen LogP contribution in [0.15, 0.2) is 18.2 Å². The highest BCUT2D eigenvalue weighted by Gasteiger charge is 2.24. The molecule has 0 saturated carbocycles. The van der Waals surface area contributed by atoms with E-state index in [2.05, 4.69) is 6.92 Å². The van der Waals surface area contributed by atoms with E-state index in [-0.39, 0.29) is 19.1 Å². The van der Waals surface area contributed by atoms with Gasteiger partial charge in [0.25, 0.3) is 0 Å². The number of ether oxygens (including phenoxy) is 2. The normalized spacial score (nSPS) is 14.4. The molecule has 0 radical (unpaired) electrons. The fourth-order valence-corrected chi connectivity index (χ4v) is 2.49. The fourth-order valence-electron chi connectivity index (χ4n) is 2.49. The molecule has 1 atom stereocenters. The molecule has 19 heavy (non-hydrogen) atoms. The van der Waals surface area contributed by atoms with Gasteiger partial charge in [0.1, 0.15) is 0 Å². The van der Waals surface area contributed by atoms with Crippen LogP contribution in [-0.2, 0) is 4.79 Å². The van der Waals surface area contributed by atoms with Crippen molar-refractivity contribution in [3.8, 4) is 11.5 Å². The fraction of sp³-hybridized carbons (Fsp3) is 0.533. The monoisotopic (exact) mass is 264 g/mol. The minimum atomic E-state index is -0.766. The van der Waals surface area contributed by atoms with Gasteiger partial charge in [0.05, 0.1) is 6.42 Å². The summed E-state index contributed by atoms with van der Waals surface area (Å²) in [7, 11) is 0. The Morgan fingerprint density at radius 3 is 2.95 bits per heavy atom. The van der Waals surface area contributed by atoms with E-state index in [1.165, 1.54) is 0 Å². The molecule has 1 aromatic rings. The lowest BCUT2D eigenvalue weighted by Gasteiger charge is -2.17. The third-order valence-corrected chi connectivity index (χ3v) is 3.44. The Balaban J connectivity index is 2.17. The molecule has 0 spiro atoms. The third kappa shape index (κ3) is 3.40. The lowest BCUT2D eigenvalue weighted by Crippen LogP contribution is -2.07. The average molecular weight is 264 g/mol. The molecule has 1 aliphatic rings. The number of fused-ring (bicyclic) bond motifs is 1. The second-order valence-corrected chi connectivity index (χ2v) is 4.87. The lowest BCUT2D eigenvalue weighted by molar-refractivity contribution is -0.137. The summed E-state index contributed by atoms with van der Waals surface area (Å²) in [5, 5.41) is 9.08. The summed E-state index contributed by atoms with van der Waals surface area (Å²) in [6, 6.07) is 5.71. The van der Waals surface area contributed by atoms with Gasteiger partial charge in [0, 0.05) is 5.56 Å². The Labute approximate surface area is 113 Å². The van der Waals surface area contributed by atoms with Crippen LogP contribution in [0.25, 0.3) is 0 Å². The molecule has 1 N–H and O–H groups in total. The maximum Gasteiger partial charge on any atom is 0.303 e. The van der Waals surface area contributed by atoms with E-state index < -0.39 is 5.97 Å². The van der Waals surface area contributed by atoms with Gasteiger partial charge in [-0.2, -0.15) is 0 Å². The first-order chi connectivity index (χ1) is 9.22. The van der Waals surface area contributed by atoms with Crippen molar-refractivity contribution < 1.29 is 19.4 Å². The zero-order chi connectivity index (χ0) is 13.7. The van der Waals surface area contributed by atoms with Crippen molar-refractivity contribution in [3.05, 3.63) is 23.8 Å². The van der Waals surface area contributed by atoms with Gasteiger partial charge in [-0.25, -0.2) is 0 Å². The maximum absolute atomic E-state index is 11.0. The van der Waals surface area contributed by atoms with Crippen LogP contribution < -0.4 is 9.47 Å². The number of aliphatic carboxylic acids is 1. The molecule has 1 aromatic carbocycles. The summed E-state index contributed by atoms with van der Waals surface area (Å²) >= 11 is 0. The molecule has 0 aromatic heterocycles. The number of rotatable bonds is 7. The number of carboxylic acid groups (broad SMARTS) is 1.